The Bertz CT molecular complexity index is 783. The fourth-order valence-corrected chi connectivity index (χ4v) is 3.29. The van der Waals surface area contributed by atoms with Crippen molar-refractivity contribution in [2.75, 3.05) is 23.7 Å². The van der Waals surface area contributed by atoms with Crippen LogP contribution < -0.4 is 10.2 Å². The minimum Gasteiger partial charge on any atom is -0.355 e. The molecule has 1 aromatic heterocycles. The lowest BCUT2D eigenvalue weighted by Crippen LogP contribution is -2.34. The number of carbonyl (C=O) groups excluding carboxylic acids is 2. The molecule has 8 nitrogen and oxygen atoms in total. The third-order valence-corrected chi connectivity index (χ3v) is 4.84. The third-order valence-electron chi connectivity index (χ3n) is 3.83. The first-order chi connectivity index (χ1) is 12.0. The van der Waals surface area contributed by atoms with E-state index in [2.05, 4.69) is 20.8 Å². The molecule has 1 saturated heterocycles. The third kappa shape index (κ3) is 4.13. The number of benzene rings is 1. The van der Waals surface area contributed by atoms with Crippen LogP contribution in [-0.2, 0) is 16.6 Å². The van der Waals surface area contributed by atoms with Crippen LogP contribution in [0, 0.1) is 11.7 Å². The number of anilines is 1. The maximum absolute atomic E-state index is 13.3. The van der Waals surface area contributed by atoms with Crippen LogP contribution in [0.1, 0.15) is 6.42 Å². The van der Waals surface area contributed by atoms with E-state index in [4.69, 9.17) is 0 Å². The first-order valence-electron chi connectivity index (χ1n) is 7.73. The number of halogens is 1. The van der Waals surface area contributed by atoms with Gasteiger partial charge in [-0.05, 0) is 28.6 Å². The van der Waals surface area contributed by atoms with Crippen LogP contribution in [-0.4, -0.2) is 50.9 Å². The molecule has 1 N–H and O–H groups in total. The molecule has 0 spiro atoms. The molecule has 0 unspecified atom stereocenters. The Morgan fingerprint density at radius 3 is 3.04 bits per heavy atom. The van der Waals surface area contributed by atoms with Crippen LogP contribution in [0.4, 0.5) is 10.1 Å². The van der Waals surface area contributed by atoms with E-state index in [1.807, 2.05) is 0 Å². The minimum absolute atomic E-state index is 0.128. The molecule has 25 heavy (non-hydrogen) atoms. The summed E-state index contributed by atoms with van der Waals surface area (Å²) in [6, 6.07) is 5.82. The first-order valence-corrected chi connectivity index (χ1v) is 8.72. The Kier molecular flexibility index (Phi) is 5.27. The van der Waals surface area contributed by atoms with Gasteiger partial charge in [0.15, 0.2) is 0 Å². The van der Waals surface area contributed by atoms with E-state index in [-0.39, 0.29) is 24.8 Å². The van der Waals surface area contributed by atoms with Crippen molar-refractivity contribution < 1.29 is 14.0 Å². The molecular weight excluding hydrogens is 347 g/mol. The summed E-state index contributed by atoms with van der Waals surface area (Å²) in [7, 11) is 1.74. The number of tetrazole rings is 1. The first kappa shape index (κ1) is 17.3. The second kappa shape index (κ2) is 7.60. The van der Waals surface area contributed by atoms with E-state index < -0.39 is 11.7 Å². The topological polar surface area (TPSA) is 93.0 Å². The van der Waals surface area contributed by atoms with Crippen molar-refractivity contribution in [2.45, 2.75) is 11.6 Å². The Hall–Kier alpha value is -2.49. The molecule has 1 aliphatic rings. The molecule has 0 saturated carbocycles. The molecule has 0 bridgehead atoms. The minimum atomic E-state index is -0.433. The zero-order valence-electron chi connectivity index (χ0n) is 13.6. The van der Waals surface area contributed by atoms with Crippen molar-refractivity contribution in [3.05, 3.63) is 30.1 Å². The zero-order chi connectivity index (χ0) is 17.8. The lowest BCUT2D eigenvalue weighted by Gasteiger charge is -2.16. The highest BCUT2D eigenvalue weighted by molar-refractivity contribution is 7.99. The van der Waals surface area contributed by atoms with Gasteiger partial charge in [0.1, 0.15) is 5.82 Å². The van der Waals surface area contributed by atoms with Crippen LogP contribution >= 0.6 is 11.8 Å². The molecule has 132 valence electrons. The molecule has 3 rings (SSSR count). The molecule has 2 heterocycles. The summed E-state index contributed by atoms with van der Waals surface area (Å²) < 4.78 is 14.9. The summed E-state index contributed by atoms with van der Waals surface area (Å²) in [6.45, 7) is 0.704. The number of nitrogens with one attached hydrogen (secondary N) is 1. The maximum Gasteiger partial charge on any atom is 0.227 e. The quantitative estimate of drug-likeness (QED) is 0.596. The van der Waals surface area contributed by atoms with Crippen molar-refractivity contribution >= 4 is 29.3 Å². The maximum atomic E-state index is 13.3. The Labute approximate surface area is 147 Å². The van der Waals surface area contributed by atoms with E-state index >= 15 is 0 Å². The number of rotatable bonds is 6. The molecule has 1 fully saturated rings. The lowest BCUT2D eigenvalue weighted by atomic mass is 10.1. The van der Waals surface area contributed by atoms with Crippen LogP contribution in [0.15, 0.2) is 29.4 Å². The summed E-state index contributed by atoms with van der Waals surface area (Å²) in [5.74, 6) is -0.575. The second-order valence-corrected chi connectivity index (χ2v) is 6.67. The summed E-state index contributed by atoms with van der Waals surface area (Å²) in [6.07, 6.45) is 0.128. The van der Waals surface area contributed by atoms with E-state index in [1.54, 1.807) is 23.9 Å². The number of hydrogen-bond donors (Lipinski definition) is 1. The summed E-state index contributed by atoms with van der Waals surface area (Å²) in [5.41, 5.74) is 0.477. The van der Waals surface area contributed by atoms with Crippen molar-refractivity contribution in [3.8, 4) is 0 Å². The molecular formula is C15H17FN6O2S. The number of aryl methyl sites for hydroxylation is 1. The average Bonchev–Trinajstić information content (AvgIpc) is 3.17. The van der Waals surface area contributed by atoms with Crippen LogP contribution in [0.3, 0.4) is 0 Å². The van der Waals surface area contributed by atoms with Crippen molar-refractivity contribution in [1.82, 2.24) is 25.5 Å². The molecule has 2 amide bonds. The van der Waals surface area contributed by atoms with Gasteiger partial charge >= 0.3 is 0 Å². The molecule has 1 aliphatic heterocycles. The monoisotopic (exact) mass is 364 g/mol. The highest BCUT2D eigenvalue weighted by Gasteiger charge is 2.35. The summed E-state index contributed by atoms with van der Waals surface area (Å²) >= 11 is 1.43. The molecule has 1 aromatic carbocycles. The van der Waals surface area contributed by atoms with Crippen molar-refractivity contribution in [3.63, 3.8) is 0 Å². The normalized spacial score (nSPS) is 17.1. The molecule has 2 aromatic rings. The van der Waals surface area contributed by atoms with Crippen molar-refractivity contribution in [2.24, 2.45) is 13.0 Å². The highest BCUT2D eigenvalue weighted by atomic mass is 32.2. The SMILES string of the molecule is Cn1nnnc1SCCNC(=O)[C@H]1CC(=O)N(c2cccc(F)c2)C1. The lowest BCUT2D eigenvalue weighted by molar-refractivity contribution is -0.126. The van der Waals surface area contributed by atoms with Gasteiger partial charge in [0, 0.05) is 38.0 Å². The number of thioether (sulfide) groups is 1. The van der Waals surface area contributed by atoms with Gasteiger partial charge in [-0.15, -0.1) is 5.10 Å². The Balaban J connectivity index is 1.48. The molecule has 1 atom stereocenters. The summed E-state index contributed by atoms with van der Waals surface area (Å²) in [4.78, 5) is 25.8. The second-order valence-electron chi connectivity index (χ2n) is 5.61. The van der Waals surface area contributed by atoms with Gasteiger partial charge < -0.3 is 10.2 Å². The smallest absolute Gasteiger partial charge is 0.227 e. The predicted octanol–water partition coefficient (Wildman–Crippen LogP) is 0.611. The van der Waals surface area contributed by atoms with Crippen LogP contribution in [0.2, 0.25) is 0 Å². The van der Waals surface area contributed by atoms with Crippen LogP contribution in [0.25, 0.3) is 0 Å². The Morgan fingerprint density at radius 2 is 2.32 bits per heavy atom. The summed E-state index contributed by atoms with van der Waals surface area (Å²) in [5, 5.41) is 14.6. The molecule has 0 radical (unpaired) electrons. The number of hydrogen-bond acceptors (Lipinski definition) is 6. The Morgan fingerprint density at radius 1 is 1.48 bits per heavy atom. The standard InChI is InChI=1S/C15H17FN6O2S/c1-21-15(18-19-20-21)25-6-5-17-14(24)10-7-13(23)22(9-10)12-4-2-3-11(16)8-12/h2-4,8,10H,5-7,9H2,1H3,(H,17,24)/t10-/m0/s1. The fraction of sp³-hybridized carbons (Fsp3) is 0.400. The van der Waals surface area contributed by atoms with E-state index in [9.17, 15) is 14.0 Å². The van der Waals surface area contributed by atoms with Gasteiger partial charge in [-0.1, -0.05) is 17.8 Å². The zero-order valence-corrected chi connectivity index (χ0v) is 14.4. The van der Waals surface area contributed by atoms with Gasteiger partial charge in [-0.2, -0.15) is 0 Å². The van der Waals surface area contributed by atoms with Gasteiger partial charge in [0.2, 0.25) is 17.0 Å². The molecule has 10 heteroatoms. The number of carbonyl (C=O) groups is 2. The highest BCUT2D eigenvalue weighted by Crippen LogP contribution is 2.25. The average molecular weight is 364 g/mol. The van der Waals surface area contributed by atoms with Gasteiger partial charge in [-0.25, -0.2) is 9.07 Å². The van der Waals surface area contributed by atoms with E-state index in [0.717, 1.165) is 0 Å². The van der Waals surface area contributed by atoms with Gasteiger partial charge in [0.25, 0.3) is 0 Å². The largest absolute Gasteiger partial charge is 0.355 e. The predicted molar refractivity (Wildman–Crippen MR) is 89.4 cm³/mol. The van der Waals surface area contributed by atoms with Crippen molar-refractivity contribution in [1.29, 1.82) is 0 Å². The number of amides is 2. The van der Waals surface area contributed by atoms with E-state index in [0.29, 0.717) is 23.1 Å². The van der Waals surface area contributed by atoms with Crippen LogP contribution in [0.5, 0.6) is 0 Å². The fourth-order valence-electron chi connectivity index (χ4n) is 2.58. The number of nitrogens with zero attached hydrogens (tertiary/aromatic N) is 5. The van der Waals surface area contributed by atoms with E-state index in [1.165, 1.54) is 28.8 Å². The number of aromatic nitrogens is 4. The van der Waals surface area contributed by atoms with Gasteiger partial charge in [-0.3, -0.25) is 9.59 Å². The van der Waals surface area contributed by atoms with Gasteiger partial charge in [0.05, 0.1) is 5.92 Å². The molecule has 0 aliphatic carbocycles.